The number of hydrazone groups is 1. The Balaban J connectivity index is 1.46. The fourth-order valence-corrected chi connectivity index (χ4v) is 5.30. The van der Waals surface area contributed by atoms with Crippen molar-refractivity contribution in [2.24, 2.45) is 11.0 Å². The molecule has 2 aromatic carbocycles. The molecule has 1 aromatic heterocycles. The van der Waals surface area contributed by atoms with Crippen molar-refractivity contribution in [1.29, 1.82) is 5.26 Å². The minimum absolute atomic E-state index is 0.0130. The molecule has 186 valence electrons. The van der Waals surface area contributed by atoms with Crippen molar-refractivity contribution in [1.82, 2.24) is 14.6 Å². The van der Waals surface area contributed by atoms with Gasteiger partial charge in [-0.05, 0) is 36.1 Å². The van der Waals surface area contributed by atoms with Gasteiger partial charge in [-0.25, -0.2) is 4.98 Å². The number of hydrogen-bond acceptors (Lipinski definition) is 5. The topological polar surface area (TPSA) is 74.3 Å². The fraction of sp³-hybridized carbons (Fsp3) is 0.290. The second-order valence-electron chi connectivity index (χ2n) is 9.71. The van der Waals surface area contributed by atoms with Gasteiger partial charge in [0.1, 0.15) is 5.82 Å². The van der Waals surface area contributed by atoms with Crippen LogP contribution in [0, 0.1) is 24.2 Å². The molecule has 0 saturated carbocycles. The first-order valence-corrected chi connectivity index (χ1v) is 12.8. The fourth-order valence-electron chi connectivity index (χ4n) is 5.30. The zero-order valence-electron chi connectivity index (χ0n) is 21.6. The first kappa shape index (κ1) is 24.5. The number of fused-ring (bicyclic) bond motifs is 1. The molecule has 1 aliphatic carbocycles. The number of allylic oxidation sites excluding steroid dienone is 2. The zero-order chi connectivity index (χ0) is 25.9. The third-order valence-corrected chi connectivity index (χ3v) is 7.25. The molecule has 0 radical (unpaired) electrons. The maximum Gasteiger partial charge on any atom is 0.257 e. The number of likely N-dealkylation sites (N-methyl/N-ethyl adjacent to an activating group) is 1. The second-order valence-corrected chi connectivity index (χ2v) is 9.71. The van der Waals surface area contributed by atoms with Crippen LogP contribution in [0.15, 0.2) is 82.7 Å². The minimum atomic E-state index is 0.0130. The van der Waals surface area contributed by atoms with E-state index in [1.54, 1.807) is 4.57 Å². The summed E-state index contributed by atoms with van der Waals surface area (Å²) in [5, 5.41) is 16.2. The third kappa shape index (κ3) is 4.77. The summed E-state index contributed by atoms with van der Waals surface area (Å²) in [5.74, 6) is 0.897. The Kier molecular flexibility index (Phi) is 6.87. The van der Waals surface area contributed by atoms with Crippen LogP contribution in [-0.2, 0) is 19.4 Å². The Morgan fingerprint density at radius 2 is 1.81 bits per heavy atom. The monoisotopic (exact) mass is 489 g/mol. The van der Waals surface area contributed by atoms with E-state index in [9.17, 15) is 10.1 Å². The normalized spacial score (nSPS) is 18.0. The van der Waals surface area contributed by atoms with E-state index in [-0.39, 0.29) is 17.5 Å². The molecule has 0 N–H and O–H groups in total. The van der Waals surface area contributed by atoms with Gasteiger partial charge in [0, 0.05) is 24.9 Å². The first-order chi connectivity index (χ1) is 18.0. The molecular weight excluding hydrogens is 458 g/mol. The summed E-state index contributed by atoms with van der Waals surface area (Å²) in [6, 6.07) is 18.2. The molecule has 2 heterocycles. The van der Waals surface area contributed by atoms with Gasteiger partial charge >= 0.3 is 0 Å². The quantitative estimate of drug-likeness (QED) is 0.466. The lowest BCUT2D eigenvalue weighted by molar-refractivity contribution is 0.307. The van der Waals surface area contributed by atoms with Gasteiger partial charge in [0.2, 0.25) is 0 Å². The first-order valence-electron chi connectivity index (χ1n) is 12.8. The molecule has 2 unspecified atom stereocenters. The van der Waals surface area contributed by atoms with Crippen LogP contribution < -0.4 is 5.56 Å². The van der Waals surface area contributed by atoms with Crippen LogP contribution in [0.3, 0.4) is 0 Å². The summed E-state index contributed by atoms with van der Waals surface area (Å²) in [6.45, 7) is 4.46. The van der Waals surface area contributed by atoms with Crippen molar-refractivity contribution in [2.45, 2.75) is 45.7 Å². The van der Waals surface area contributed by atoms with Crippen LogP contribution in [0.1, 0.15) is 41.6 Å². The molecule has 1 aliphatic heterocycles. The van der Waals surface area contributed by atoms with E-state index in [1.165, 1.54) is 0 Å². The Morgan fingerprint density at radius 1 is 1.05 bits per heavy atom. The number of aromatic nitrogens is 2. The zero-order valence-corrected chi connectivity index (χ0v) is 21.6. The van der Waals surface area contributed by atoms with Crippen molar-refractivity contribution in [3.05, 3.63) is 111 Å². The van der Waals surface area contributed by atoms with Crippen molar-refractivity contribution >= 4 is 5.71 Å². The molecule has 0 fully saturated rings. The Morgan fingerprint density at radius 3 is 2.57 bits per heavy atom. The largest absolute Gasteiger partial charge is 0.292 e. The summed E-state index contributed by atoms with van der Waals surface area (Å²) < 4.78 is 1.78. The molecule has 0 saturated heterocycles. The van der Waals surface area contributed by atoms with Crippen molar-refractivity contribution in [2.75, 3.05) is 7.05 Å². The van der Waals surface area contributed by atoms with Crippen molar-refractivity contribution in [3.63, 3.8) is 0 Å². The lowest BCUT2D eigenvalue weighted by Crippen LogP contribution is -2.35. The predicted molar refractivity (Wildman–Crippen MR) is 147 cm³/mol. The van der Waals surface area contributed by atoms with E-state index in [4.69, 9.17) is 10.1 Å². The highest BCUT2D eigenvalue weighted by molar-refractivity contribution is 5.90. The predicted octanol–water partition coefficient (Wildman–Crippen LogP) is 5.05. The van der Waals surface area contributed by atoms with Gasteiger partial charge in [-0.1, -0.05) is 80.1 Å². The van der Waals surface area contributed by atoms with Gasteiger partial charge in [0.15, 0.2) is 0 Å². The van der Waals surface area contributed by atoms with E-state index < -0.39 is 0 Å². The van der Waals surface area contributed by atoms with Crippen LogP contribution in [0.5, 0.6) is 0 Å². The van der Waals surface area contributed by atoms with E-state index in [2.05, 4.69) is 37.3 Å². The van der Waals surface area contributed by atoms with Crippen molar-refractivity contribution < 1.29 is 0 Å². The average Bonchev–Trinajstić information content (AvgIpc) is 3.24. The van der Waals surface area contributed by atoms with Crippen LogP contribution in [0.4, 0.5) is 0 Å². The molecule has 6 nitrogen and oxygen atoms in total. The number of hydrogen-bond donors (Lipinski definition) is 0. The number of nitriles is 1. The summed E-state index contributed by atoms with van der Waals surface area (Å²) in [5.41, 5.74) is 6.22. The maximum absolute atomic E-state index is 13.9. The maximum atomic E-state index is 13.9. The Hall–Kier alpha value is -4.24. The molecule has 0 amide bonds. The molecule has 2 aliphatic rings. The molecule has 5 rings (SSSR count). The lowest BCUT2D eigenvalue weighted by Gasteiger charge is -2.22. The van der Waals surface area contributed by atoms with Crippen molar-refractivity contribution in [3.8, 4) is 17.2 Å². The highest BCUT2D eigenvalue weighted by Gasteiger charge is 2.33. The molecular formula is C31H31N5O. The minimum Gasteiger partial charge on any atom is -0.292 e. The highest BCUT2D eigenvalue weighted by atomic mass is 16.1. The average molecular weight is 490 g/mol. The molecule has 37 heavy (non-hydrogen) atoms. The van der Waals surface area contributed by atoms with Crippen LogP contribution in [-0.4, -0.2) is 33.4 Å². The Labute approximate surface area is 217 Å². The molecule has 2 atom stereocenters. The van der Waals surface area contributed by atoms with E-state index >= 15 is 0 Å². The second kappa shape index (κ2) is 10.4. The van der Waals surface area contributed by atoms with Gasteiger partial charge in [0.25, 0.3) is 5.56 Å². The Bertz CT molecular complexity index is 1500. The van der Waals surface area contributed by atoms with E-state index in [1.807, 2.05) is 67.5 Å². The van der Waals surface area contributed by atoms with Gasteiger partial charge in [-0.3, -0.25) is 14.4 Å². The highest BCUT2D eigenvalue weighted by Crippen LogP contribution is 2.27. The van der Waals surface area contributed by atoms with E-state index in [0.29, 0.717) is 18.5 Å². The van der Waals surface area contributed by atoms with Gasteiger partial charge in [0.05, 0.1) is 35.6 Å². The van der Waals surface area contributed by atoms with Gasteiger partial charge < -0.3 is 0 Å². The SMILES string of the molecule is CCCc1nc(C)n(CC2=NN(C)C3C=CC=CC23)c(=O)c1Cc1ccc(-c2ccccc2C#N)cc1. The van der Waals surface area contributed by atoms with Gasteiger partial charge in [-0.2, -0.15) is 10.4 Å². The summed E-state index contributed by atoms with van der Waals surface area (Å²) in [4.78, 5) is 18.8. The summed E-state index contributed by atoms with van der Waals surface area (Å²) in [6.07, 6.45) is 10.6. The van der Waals surface area contributed by atoms with E-state index in [0.717, 1.165) is 52.3 Å². The molecule has 6 heteroatoms. The summed E-state index contributed by atoms with van der Waals surface area (Å²) >= 11 is 0. The lowest BCUT2D eigenvalue weighted by atomic mass is 9.91. The van der Waals surface area contributed by atoms with Crippen LogP contribution in [0.25, 0.3) is 11.1 Å². The van der Waals surface area contributed by atoms with Crippen LogP contribution >= 0.6 is 0 Å². The number of benzene rings is 2. The molecule has 0 bridgehead atoms. The number of aryl methyl sites for hydroxylation is 2. The standard InChI is InChI=1S/C31H31N5O/c1-4-9-28-27(18-22-14-16-23(17-15-22)25-11-6-5-10-24(25)19-32)31(37)36(21(2)33-28)20-29-26-12-7-8-13-30(26)35(3)34-29/h5-8,10-17,26,30H,4,9,18,20H2,1-3H3. The number of nitrogens with zero attached hydrogens (tertiary/aromatic N) is 5. The summed E-state index contributed by atoms with van der Waals surface area (Å²) in [7, 11) is 1.98. The number of rotatable bonds is 7. The molecule has 0 spiro atoms. The van der Waals surface area contributed by atoms with Crippen LogP contribution in [0.2, 0.25) is 0 Å². The molecule has 3 aromatic rings. The third-order valence-electron chi connectivity index (χ3n) is 7.25. The smallest absolute Gasteiger partial charge is 0.257 e. The van der Waals surface area contributed by atoms with Gasteiger partial charge in [-0.15, -0.1) is 0 Å².